The molecule has 160 valence electrons. The highest BCUT2D eigenvalue weighted by molar-refractivity contribution is 5.98. The molecule has 0 atom stereocenters. The zero-order valence-electron chi connectivity index (χ0n) is 26.6. The zero-order chi connectivity index (χ0) is 31.6. The Kier molecular flexibility index (Phi) is 2.96. The second-order valence-corrected chi connectivity index (χ2v) is 6.10. The van der Waals surface area contributed by atoms with Gasteiger partial charge in [0.15, 0.2) is 0 Å². The SMILES string of the molecule is [2H]c1nc(CN2CC([2H])([2H])Oc3c([2H])c([2H])c(-c4c([2H])c([2H])c(OC(F)(F)F)c([2H])c4C)c([2H])c3C2=O)nc([2H])c1[2H]. The number of hydrogen-bond donors (Lipinski definition) is 0. The Balaban J connectivity index is 1.96. The number of carbonyl (C=O) groups is 1. The van der Waals surface area contributed by atoms with E-state index in [-0.39, 0.29) is 5.82 Å². The van der Waals surface area contributed by atoms with Crippen molar-refractivity contribution in [1.29, 1.82) is 0 Å². The highest BCUT2D eigenvalue weighted by Gasteiger charge is 2.31. The Hall–Kier alpha value is -3.62. The third-order valence-corrected chi connectivity index (χ3v) is 3.97. The van der Waals surface area contributed by atoms with E-state index in [0.717, 1.165) is 11.8 Å². The third-order valence-electron chi connectivity index (χ3n) is 3.97. The van der Waals surface area contributed by atoms with Crippen LogP contribution >= 0.6 is 0 Å². The molecule has 0 saturated carbocycles. The first-order chi connectivity index (χ1) is 19.3. The number of nitrogens with zero attached hydrogens (tertiary/aromatic N) is 3. The van der Waals surface area contributed by atoms with E-state index in [4.69, 9.17) is 19.8 Å². The van der Waals surface area contributed by atoms with E-state index in [2.05, 4.69) is 14.7 Å². The molecule has 4 rings (SSSR count). The summed E-state index contributed by atoms with van der Waals surface area (Å²) < 4.78 is 137. The molecule has 0 saturated heterocycles. The van der Waals surface area contributed by atoms with Crippen LogP contribution in [0.3, 0.4) is 0 Å². The lowest BCUT2D eigenvalue weighted by Gasteiger charge is -2.19. The molecule has 3 aromatic rings. The number of halogens is 3. The van der Waals surface area contributed by atoms with E-state index >= 15 is 0 Å². The van der Waals surface area contributed by atoms with Crippen molar-refractivity contribution in [2.75, 3.05) is 13.1 Å². The van der Waals surface area contributed by atoms with Gasteiger partial charge in [-0.3, -0.25) is 4.79 Å². The molecule has 9 heteroatoms. The van der Waals surface area contributed by atoms with Crippen molar-refractivity contribution in [2.45, 2.75) is 19.8 Å². The average molecular weight is 440 g/mol. The van der Waals surface area contributed by atoms with Crippen LogP contribution in [-0.2, 0) is 6.54 Å². The van der Waals surface area contributed by atoms with Gasteiger partial charge in [-0.25, -0.2) is 9.97 Å². The van der Waals surface area contributed by atoms with Crippen LogP contribution in [0.2, 0.25) is 0 Å². The molecule has 1 aliphatic rings. The largest absolute Gasteiger partial charge is 0.573 e. The summed E-state index contributed by atoms with van der Waals surface area (Å²) in [5.74, 6) is -3.59. The van der Waals surface area contributed by atoms with Crippen molar-refractivity contribution in [1.82, 2.24) is 14.9 Å². The summed E-state index contributed by atoms with van der Waals surface area (Å²) in [7, 11) is 0. The van der Waals surface area contributed by atoms with Gasteiger partial charge in [0, 0.05) is 12.3 Å². The van der Waals surface area contributed by atoms with Gasteiger partial charge in [0.1, 0.15) is 23.9 Å². The summed E-state index contributed by atoms with van der Waals surface area (Å²) in [5.41, 5.74) is -2.43. The van der Waals surface area contributed by atoms with Gasteiger partial charge in [0.2, 0.25) is 0 Å². The molecule has 0 bridgehead atoms. The van der Waals surface area contributed by atoms with Gasteiger partial charge in [-0.05, 0) is 53.8 Å². The summed E-state index contributed by atoms with van der Waals surface area (Å²) in [5, 5.41) is 0. The summed E-state index contributed by atoms with van der Waals surface area (Å²) in [4.78, 5) is 21.9. The number of rotatable bonds is 4. The van der Waals surface area contributed by atoms with Crippen LogP contribution in [0.5, 0.6) is 11.5 Å². The van der Waals surface area contributed by atoms with E-state index in [1.807, 2.05) is 0 Å². The van der Waals surface area contributed by atoms with E-state index in [9.17, 15) is 18.0 Å². The van der Waals surface area contributed by atoms with Crippen LogP contribution in [0, 0.1) is 6.92 Å². The topological polar surface area (TPSA) is 64.6 Å². The summed E-state index contributed by atoms with van der Waals surface area (Å²) in [6.45, 7) is -3.12. The minimum Gasteiger partial charge on any atom is -0.491 e. The quantitative estimate of drug-likeness (QED) is 0.602. The lowest BCUT2D eigenvalue weighted by molar-refractivity contribution is -0.274. The number of amides is 1. The highest BCUT2D eigenvalue weighted by atomic mass is 19.4. The molecule has 0 N–H and O–H groups in total. The van der Waals surface area contributed by atoms with Crippen molar-refractivity contribution in [3.63, 3.8) is 0 Å². The molecule has 0 aliphatic carbocycles. The minimum absolute atomic E-state index is 0.328. The molecule has 6 nitrogen and oxygen atoms in total. The van der Waals surface area contributed by atoms with Gasteiger partial charge >= 0.3 is 6.36 Å². The van der Waals surface area contributed by atoms with Gasteiger partial charge in [0.25, 0.3) is 5.91 Å². The maximum atomic E-state index is 13.7. The molecule has 1 amide bonds. The fraction of sp³-hybridized carbons (Fsp3) is 0.227. The smallest absolute Gasteiger partial charge is 0.491 e. The number of fused-ring (bicyclic) bond motifs is 1. The zero-order valence-corrected chi connectivity index (χ0v) is 15.6. The molecule has 1 aliphatic heterocycles. The number of benzene rings is 2. The Morgan fingerprint density at radius 2 is 1.97 bits per heavy atom. The van der Waals surface area contributed by atoms with Crippen molar-refractivity contribution < 1.29 is 42.5 Å². The standard InChI is InChI=1S/C22H18F3N3O3/c1-14-11-16(31-22(23,24)25)4-5-17(14)15-3-6-19-18(12-15)21(29)28(9-10-30-19)13-20-26-7-2-8-27-20/h2-8,11-12H,9-10,13H2,1H3/i2D,3D,4D,5D,6D,7D,8D,10D2,11D,12D. The number of ether oxygens (including phenoxy) is 2. The Morgan fingerprint density at radius 1 is 1.19 bits per heavy atom. The van der Waals surface area contributed by atoms with Crippen molar-refractivity contribution in [2.24, 2.45) is 0 Å². The first kappa shape index (κ1) is 11.1. The molecule has 31 heavy (non-hydrogen) atoms. The van der Waals surface area contributed by atoms with Crippen LogP contribution in [0.15, 0.2) is 54.6 Å². The number of alkyl halides is 3. The first-order valence-electron chi connectivity index (χ1n) is 14.0. The number of carbonyl (C=O) groups excluding carboxylic acids is 1. The van der Waals surface area contributed by atoms with Gasteiger partial charge in [-0.15, -0.1) is 13.2 Å². The van der Waals surface area contributed by atoms with E-state index in [0.29, 0.717) is 0 Å². The van der Waals surface area contributed by atoms with Gasteiger partial charge in [-0.1, -0.05) is 12.1 Å². The Labute approximate surface area is 191 Å². The molecule has 2 heterocycles. The highest BCUT2D eigenvalue weighted by Crippen LogP contribution is 2.33. The molecule has 0 spiro atoms. The molecular formula is C22H18F3N3O3. The molecule has 0 fully saturated rings. The fourth-order valence-corrected chi connectivity index (χ4v) is 2.66. The first-order valence-corrected chi connectivity index (χ1v) is 8.55. The predicted octanol–water partition coefficient (Wildman–Crippen LogP) is 4.39. The van der Waals surface area contributed by atoms with E-state index < -0.39 is 120 Å². The number of aromatic nitrogens is 2. The van der Waals surface area contributed by atoms with E-state index in [1.165, 1.54) is 0 Å². The van der Waals surface area contributed by atoms with Crippen LogP contribution < -0.4 is 9.47 Å². The average Bonchev–Trinajstić information content (AvgIpc) is 2.97. The van der Waals surface area contributed by atoms with Gasteiger partial charge in [0.05, 0.1) is 33.7 Å². The van der Waals surface area contributed by atoms with Crippen LogP contribution in [-0.4, -0.2) is 40.2 Å². The molecule has 1 aromatic heterocycles. The molecular weight excluding hydrogens is 411 g/mol. The van der Waals surface area contributed by atoms with Crippen molar-refractivity contribution in [3.05, 3.63) is 71.6 Å². The lowest BCUT2D eigenvalue weighted by atomic mass is 9.98. The second-order valence-electron chi connectivity index (χ2n) is 6.10. The third kappa shape index (κ3) is 4.76. The van der Waals surface area contributed by atoms with Crippen LogP contribution in [0.4, 0.5) is 13.2 Å². The molecule has 0 radical (unpaired) electrons. The molecule has 2 aromatic carbocycles. The minimum atomic E-state index is -5.30. The summed E-state index contributed by atoms with van der Waals surface area (Å²) in [6.07, 6.45) is -6.59. The Morgan fingerprint density at radius 3 is 2.71 bits per heavy atom. The van der Waals surface area contributed by atoms with Crippen LogP contribution in [0.25, 0.3) is 11.1 Å². The normalized spacial score (nSPS) is 20.6. The maximum absolute atomic E-state index is 13.7. The van der Waals surface area contributed by atoms with Crippen molar-refractivity contribution in [3.8, 4) is 22.6 Å². The van der Waals surface area contributed by atoms with E-state index in [1.54, 1.807) is 0 Å². The monoisotopic (exact) mass is 440 g/mol. The van der Waals surface area contributed by atoms with Gasteiger partial charge in [-0.2, -0.15) is 0 Å². The lowest BCUT2D eigenvalue weighted by Crippen LogP contribution is -2.32. The predicted molar refractivity (Wildman–Crippen MR) is 106 cm³/mol. The summed E-state index contributed by atoms with van der Waals surface area (Å²) in [6, 6.07) is -6.48. The molecule has 0 unspecified atom stereocenters. The fourth-order valence-electron chi connectivity index (χ4n) is 2.66. The van der Waals surface area contributed by atoms with Gasteiger partial charge < -0.3 is 14.4 Å². The Bertz CT molecular complexity index is 1600. The second kappa shape index (κ2) is 8.25. The maximum Gasteiger partial charge on any atom is 0.573 e. The van der Waals surface area contributed by atoms with Crippen LogP contribution in [0.1, 0.15) is 36.8 Å². The van der Waals surface area contributed by atoms with Crippen molar-refractivity contribution >= 4 is 5.91 Å². The number of hydrogen-bond acceptors (Lipinski definition) is 5. The summed E-state index contributed by atoms with van der Waals surface area (Å²) >= 11 is 0.